The number of hydrogen-bond donors (Lipinski definition) is 1. The van der Waals surface area contributed by atoms with E-state index in [9.17, 15) is 26.4 Å². The first-order chi connectivity index (χ1) is 9.21. The second-order valence-electron chi connectivity index (χ2n) is 3.96. The molecule has 0 unspecified atom stereocenters. The molecule has 1 aliphatic heterocycles. The van der Waals surface area contributed by atoms with Gasteiger partial charge in [0.05, 0.1) is 10.5 Å². The number of hydrogen-bond acceptors (Lipinski definition) is 3. The van der Waals surface area contributed by atoms with Crippen molar-refractivity contribution >= 4 is 15.9 Å². The molecule has 0 aromatic heterocycles. The smallest absolute Gasteiger partial charge is 0.330 e. The third-order valence-corrected chi connectivity index (χ3v) is 4.27. The highest BCUT2D eigenvalue weighted by atomic mass is 32.2. The molecule has 20 heavy (non-hydrogen) atoms. The summed E-state index contributed by atoms with van der Waals surface area (Å²) in [6, 6.07) is 3.36. The lowest BCUT2D eigenvalue weighted by Crippen LogP contribution is -2.39. The first-order valence-corrected chi connectivity index (χ1v) is 6.80. The normalized spacial score (nSPS) is 16.1. The van der Waals surface area contributed by atoms with Gasteiger partial charge in [-0.05, 0) is 18.2 Å². The number of amides is 1. The van der Waals surface area contributed by atoms with Gasteiger partial charge in [0, 0.05) is 12.4 Å². The molecule has 0 fully saturated rings. The van der Waals surface area contributed by atoms with Gasteiger partial charge in [-0.3, -0.25) is 9.10 Å². The van der Waals surface area contributed by atoms with Gasteiger partial charge in [0.25, 0.3) is 10.0 Å². The van der Waals surface area contributed by atoms with Crippen molar-refractivity contribution in [1.82, 2.24) is 9.62 Å². The van der Waals surface area contributed by atoms with Crippen LogP contribution in [-0.4, -0.2) is 25.2 Å². The van der Waals surface area contributed by atoms with Crippen LogP contribution < -0.4 is 5.32 Å². The van der Waals surface area contributed by atoms with E-state index in [-0.39, 0.29) is 0 Å². The highest BCUT2D eigenvalue weighted by Gasteiger charge is 2.33. The number of nitrogens with one attached hydrogen (secondary N) is 1. The number of nitrogens with zero attached hydrogens (tertiary/aromatic N) is 1. The fourth-order valence-corrected chi connectivity index (χ4v) is 2.89. The zero-order chi connectivity index (χ0) is 15.0. The maximum atomic E-state index is 12.6. The molecule has 0 saturated heterocycles. The number of halogens is 3. The molecule has 0 radical (unpaired) electrons. The summed E-state index contributed by atoms with van der Waals surface area (Å²) in [4.78, 5) is 10.6. The lowest BCUT2D eigenvalue weighted by molar-refractivity contribution is -0.137. The molecule has 1 aromatic rings. The van der Waals surface area contributed by atoms with Gasteiger partial charge in [-0.1, -0.05) is 6.07 Å². The van der Waals surface area contributed by atoms with Crippen LogP contribution in [0.4, 0.5) is 13.2 Å². The Kier molecular flexibility index (Phi) is 3.46. The average molecular weight is 306 g/mol. The van der Waals surface area contributed by atoms with Gasteiger partial charge in [0.2, 0.25) is 5.91 Å². The second-order valence-corrected chi connectivity index (χ2v) is 5.85. The third kappa shape index (κ3) is 2.77. The highest BCUT2D eigenvalue weighted by Crippen LogP contribution is 2.31. The zero-order valence-electron chi connectivity index (χ0n) is 9.89. The average Bonchev–Trinajstić information content (AvgIpc) is 2.38. The lowest BCUT2D eigenvalue weighted by Gasteiger charge is -2.22. The molecule has 1 aliphatic rings. The van der Waals surface area contributed by atoms with Crippen LogP contribution >= 0.6 is 0 Å². The monoisotopic (exact) mass is 306 g/mol. The SMILES string of the molecule is O=C1CN(S(=O)(=O)c2cccc(C(F)(F)F)c2)C=CN1. The standard InChI is InChI=1S/C11H9F3N2O3S/c12-11(13,14)8-2-1-3-9(6-8)20(18,19)16-5-4-15-10(17)7-16/h1-6H,7H2,(H,15,17). The summed E-state index contributed by atoms with van der Waals surface area (Å²) >= 11 is 0. The van der Waals surface area contributed by atoms with Crippen LogP contribution in [0.15, 0.2) is 41.6 Å². The molecule has 0 saturated carbocycles. The summed E-state index contributed by atoms with van der Waals surface area (Å²) in [7, 11) is -4.19. The molecule has 1 amide bonds. The van der Waals surface area contributed by atoms with Gasteiger partial charge >= 0.3 is 6.18 Å². The summed E-state index contributed by atoms with van der Waals surface area (Å²) in [5, 5.41) is 2.27. The Morgan fingerprint density at radius 3 is 2.55 bits per heavy atom. The Hall–Kier alpha value is -2.03. The van der Waals surface area contributed by atoms with Crippen molar-refractivity contribution in [3.05, 3.63) is 42.2 Å². The predicted octanol–water partition coefficient (Wildman–Crippen LogP) is 1.30. The molecule has 108 valence electrons. The Labute approximate surface area is 112 Å². The number of alkyl halides is 3. The molecular weight excluding hydrogens is 297 g/mol. The fourth-order valence-electron chi connectivity index (χ4n) is 1.59. The van der Waals surface area contributed by atoms with Crippen molar-refractivity contribution in [1.29, 1.82) is 0 Å². The van der Waals surface area contributed by atoms with Gasteiger partial charge in [-0.2, -0.15) is 13.2 Å². The Morgan fingerprint density at radius 2 is 1.95 bits per heavy atom. The number of benzene rings is 1. The van der Waals surface area contributed by atoms with E-state index in [1.807, 2.05) is 0 Å². The second kappa shape index (κ2) is 4.82. The molecule has 0 atom stereocenters. The van der Waals surface area contributed by atoms with Crippen molar-refractivity contribution in [2.75, 3.05) is 6.54 Å². The predicted molar refractivity (Wildman–Crippen MR) is 62.6 cm³/mol. The number of rotatable bonds is 2. The van der Waals surface area contributed by atoms with E-state index in [0.29, 0.717) is 10.4 Å². The summed E-state index contributed by atoms with van der Waals surface area (Å²) < 4.78 is 62.7. The Morgan fingerprint density at radius 1 is 1.25 bits per heavy atom. The number of sulfonamides is 1. The van der Waals surface area contributed by atoms with Crippen LogP contribution in [0.5, 0.6) is 0 Å². The largest absolute Gasteiger partial charge is 0.416 e. The van der Waals surface area contributed by atoms with E-state index < -0.39 is 39.1 Å². The van der Waals surface area contributed by atoms with E-state index in [2.05, 4.69) is 5.32 Å². The van der Waals surface area contributed by atoms with Crippen LogP contribution in [0.25, 0.3) is 0 Å². The molecule has 1 heterocycles. The highest BCUT2D eigenvalue weighted by molar-refractivity contribution is 7.89. The molecular formula is C11H9F3N2O3S. The minimum atomic E-state index is -4.64. The van der Waals surface area contributed by atoms with Gasteiger partial charge in [0.15, 0.2) is 0 Å². The van der Waals surface area contributed by atoms with Crippen LogP contribution in [0.3, 0.4) is 0 Å². The van der Waals surface area contributed by atoms with Crippen molar-refractivity contribution in [3.8, 4) is 0 Å². The van der Waals surface area contributed by atoms with Crippen molar-refractivity contribution in [3.63, 3.8) is 0 Å². The Bertz CT molecular complexity index is 668. The van der Waals surface area contributed by atoms with E-state index >= 15 is 0 Å². The Balaban J connectivity index is 2.42. The molecule has 9 heteroatoms. The summed E-state index contributed by atoms with van der Waals surface area (Å²) in [5.74, 6) is -0.567. The molecule has 0 spiro atoms. The third-order valence-electron chi connectivity index (χ3n) is 2.55. The number of carbonyl (C=O) groups is 1. The van der Waals surface area contributed by atoms with E-state index in [4.69, 9.17) is 0 Å². The maximum absolute atomic E-state index is 12.6. The number of carbonyl (C=O) groups excluding carboxylic acids is 1. The minimum absolute atomic E-state index is 0.477. The summed E-state index contributed by atoms with van der Waals surface area (Å²) in [6.45, 7) is -0.477. The summed E-state index contributed by atoms with van der Waals surface area (Å²) in [5.41, 5.74) is -1.07. The van der Waals surface area contributed by atoms with Crippen LogP contribution in [-0.2, 0) is 21.0 Å². The van der Waals surface area contributed by atoms with Crippen molar-refractivity contribution < 1.29 is 26.4 Å². The van der Waals surface area contributed by atoms with Gasteiger partial charge < -0.3 is 5.32 Å². The quantitative estimate of drug-likeness (QED) is 0.895. The van der Waals surface area contributed by atoms with Crippen LogP contribution in [0.1, 0.15) is 5.56 Å². The molecule has 0 bridgehead atoms. The summed E-state index contributed by atoms with van der Waals surface area (Å²) in [6.07, 6.45) is -2.45. The van der Waals surface area contributed by atoms with Crippen LogP contribution in [0, 0.1) is 0 Å². The zero-order valence-corrected chi connectivity index (χ0v) is 10.7. The first kappa shape index (κ1) is 14.4. The van der Waals surface area contributed by atoms with E-state index in [1.165, 1.54) is 0 Å². The van der Waals surface area contributed by atoms with Gasteiger partial charge in [-0.25, -0.2) is 8.42 Å². The van der Waals surface area contributed by atoms with Crippen molar-refractivity contribution in [2.45, 2.75) is 11.1 Å². The van der Waals surface area contributed by atoms with Crippen LogP contribution in [0.2, 0.25) is 0 Å². The molecule has 5 nitrogen and oxygen atoms in total. The van der Waals surface area contributed by atoms with E-state index in [0.717, 1.165) is 30.6 Å². The minimum Gasteiger partial charge on any atom is -0.330 e. The van der Waals surface area contributed by atoms with E-state index in [1.54, 1.807) is 0 Å². The van der Waals surface area contributed by atoms with Gasteiger partial charge in [-0.15, -0.1) is 0 Å². The fraction of sp³-hybridized carbons (Fsp3) is 0.182. The topological polar surface area (TPSA) is 66.5 Å². The van der Waals surface area contributed by atoms with Gasteiger partial charge in [0.1, 0.15) is 6.54 Å². The molecule has 2 rings (SSSR count). The lowest BCUT2D eigenvalue weighted by atomic mass is 10.2. The maximum Gasteiger partial charge on any atom is 0.416 e. The molecule has 0 aliphatic carbocycles. The first-order valence-electron chi connectivity index (χ1n) is 5.36. The van der Waals surface area contributed by atoms with Crippen molar-refractivity contribution in [2.24, 2.45) is 0 Å². The molecule has 1 N–H and O–H groups in total. The molecule has 1 aromatic carbocycles.